The Labute approximate surface area is 125 Å². The van der Waals surface area contributed by atoms with Gasteiger partial charge in [-0.25, -0.2) is 0 Å². The molecule has 0 saturated carbocycles. The molecule has 0 aliphatic rings. The van der Waals surface area contributed by atoms with E-state index in [1.165, 1.54) is 6.92 Å². The number of nitrogens with one attached hydrogen (secondary N) is 3. The Bertz CT molecular complexity index is 710. The van der Waals surface area contributed by atoms with E-state index in [4.69, 9.17) is 5.11 Å². The normalized spacial score (nSPS) is 11.9. The predicted molar refractivity (Wildman–Crippen MR) is 78.3 cm³/mol. The highest BCUT2D eigenvalue weighted by Gasteiger charge is 2.15. The van der Waals surface area contributed by atoms with Gasteiger partial charge in [-0.3, -0.25) is 19.5 Å². The molecule has 0 radical (unpaired) electrons. The largest absolute Gasteiger partial charge is 0.480 e. The van der Waals surface area contributed by atoms with Crippen molar-refractivity contribution in [3.05, 3.63) is 30.0 Å². The quantitative estimate of drug-likeness (QED) is 0.610. The van der Waals surface area contributed by atoms with Crippen LogP contribution in [0.2, 0.25) is 0 Å². The summed E-state index contributed by atoms with van der Waals surface area (Å²) in [5.74, 6) is -1.95. The molecule has 2 rings (SSSR count). The number of hydrogen-bond acceptors (Lipinski definition) is 4. The van der Waals surface area contributed by atoms with Crippen molar-refractivity contribution < 1.29 is 19.5 Å². The number of rotatable bonds is 6. The highest BCUT2D eigenvalue weighted by atomic mass is 16.4. The summed E-state index contributed by atoms with van der Waals surface area (Å²) in [6, 6.07) is 6.25. The zero-order valence-electron chi connectivity index (χ0n) is 11.9. The van der Waals surface area contributed by atoms with Gasteiger partial charge in [0.25, 0.3) is 5.91 Å². The molecule has 116 valence electrons. The third-order valence-corrected chi connectivity index (χ3v) is 3.07. The first kappa shape index (κ1) is 15.5. The van der Waals surface area contributed by atoms with Crippen molar-refractivity contribution in [1.29, 1.82) is 0 Å². The maximum absolute atomic E-state index is 12.0. The van der Waals surface area contributed by atoms with E-state index in [1.807, 2.05) is 6.07 Å². The van der Waals surface area contributed by atoms with Gasteiger partial charge >= 0.3 is 5.97 Å². The number of nitrogens with zero attached hydrogens (tertiary/aromatic N) is 1. The Morgan fingerprint density at radius 2 is 2.05 bits per heavy atom. The Kier molecular flexibility index (Phi) is 4.72. The first-order valence-corrected chi connectivity index (χ1v) is 6.72. The lowest BCUT2D eigenvalue weighted by Gasteiger charge is -2.09. The monoisotopic (exact) mass is 304 g/mol. The lowest BCUT2D eigenvalue weighted by molar-refractivity contribution is -0.141. The fourth-order valence-electron chi connectivity index (χ4n) is 1.89. The first-order chi connectivity index (χ1) is 10.5. The summed E-state index contributed by atoms with van der Waals surface area (Å²) in [5.41, 5.74) is 1.01. The van der Waals surface area contributed by atoms with Crippen LogP contribution in [0, 0.1) is 0 Å². The first-order valence-electron chi connectivity index (χ1n) is 6.72. The number of carbonyl (C=O) groups excluding carboxylic acids is 2. The SMILES string of the molecule is CC(NC(=O)CCNC(=O)c1n[nH]c2ccccc12)C(=O)O. The lowest BCUT2D eigenvalue weighted by Crippen LogP contribution is -2.39. The van der Waals surface area contributed by atoms with Crippen LogP contribution in [0.4, 0.5) is 0 Å². The van der Waals surface area contributed by atoms with Gasteiger partial charge in [0.05, 0.1) is 5.52 Å². The number of para-hydroxylation sites is 1. The molecule has 8 nitrogen and oxygen atoms in total. The number of aliphatic carboxylic acids is 1. The summed E-state index contributed by atoms with van der Waals surface area (Å²) in [4.78, 5) is 34.1. The van der Waals surface area contributed by atoms with E-state index in [-0.39, 0.29) is 18.7 Å². The van der Waals surface area contributed by atoms with Crippen LogP contribution in [0.3, 0.4) is 0 Å². The van der Waals surface area contributed by atoms with Crippen molar-refractivity contribution in [2.24, 2.45) is 0 Å². The Morgan fingerprint density at radius 3 is 2.77 bits per heavy atom. The minimum Gasteiger partial charge on any atom is -0.480 e. The summed E-state index contributed by atoms with van der Waals surface area (Å²) in [6.07, 6.45) is -0.00822. The van der Waals surface area contributed by atoms with Gasteiger partial charge in [-0.15, -0.1) is 0 Å². The highest BCUT2D eigenvalue weighted by Crippen LogP contribution is 2.14. The molecule has 2 amide bonds. The molecule has 1 atom stereocenters. The number of H-pyrrole nitrogens is 1. The third-order valence-electron chi connectivity index (χ3n) is 3.07. The molecule has 4 N–H and O–H groups in total. The number of hydrogen-bond donors (Lipinski definition) is 4. The van der Waals surface area contributed by atoms with E-state index in [2.05, 4.69) is 20.8 Å². The van der Waals surface area contributed by atoms with E-state index < -0.39 is 23.8 Å². The van der Waals surface area contributed by atoms with Crippen molar-refractivity contribution in [2.75, 3.05) is 6.54 Å². The number of fused-ring (bicyclic) bond motifs is 1. The second-order valence-corrected chi connectivity index (χ2v) is 4.75. The minimum atomic E-state index is -1.11. The Balaban J connectivity index is 1.86. The lowest BCUT2D eigenvalue weighted by atomic mass is 10.2. The molecule has 8 heteroatoms. The van der Waals surface area contributed by atoms with Crippen LogP contribution in [0.1, 0.15) is 23.8 Å². The van der Waals surface area contributed by atoms with Gasteiger partial charge in [0.2, 0.25) is 5.91 Å². The fraction of sp³-hybridized carbons (Fsp3) is 0.286. The van der Waals surface area contributed by atoms with Crippen LogP contribution in [-0.4, -0.2) is 45.7 Å². The minimum absolute atomic E-state index is 0.00822. The van der Waals surface area contributed by atoms with E-state index in [9.17, 15) is 14.4 Å². The molecule has 0 saturated heterocycles. The van der Waals surface area contributed by atoms with Crippen LogP contribution < -0.4 is 10.6 Å². The van der Waals surface area contributed by atoms with Crippen LogP contribution in [0.15, 0.2) is 24.3 Å². The van der Waals surface area contributed by atoms with Gasteiger partial charge in [-0.2, -0.15) is 5.10 Å². The molecule has 0 aliphatic carbocycles. The number of carboxylic acids is 1. The van der Waals surface area contributed by atoms with Crippen molar-refractivity contribution in [3.63, 3.8) is 0 Å². The molecule has 1 aromatic carbocycles. The molecular weight excluding hydrogens is 288 g/mol. The van der Waals surface area contributed by atoms with Gasteiger partial charge in [0.15, 0.2) is 5.69 Å². The third kappa shape index (κ3) is 3.60. The summed E-state index contributed by atoms with van der Waals surface area (Å²) >= 11 is 0. The van der Waals surface area contributed by atoms with Gasteiger partial charge in [-0.05, 0) is 13.0 Å². The van der Waals surface area contributed by atoms with Crippen LogP contribution in [-0.2, 0) is 9.59 Å². The number of carboxylic acid groups (broad SMARTS) is 1. The second-order valence-electron chi connectivity index (χ2n) is 4.75. The average Bonchev–Trinajstić information content (AvgIpc) is 2.90. The number of carbonyl (C=O) groups is 3. The summed E-state index contributed by atoms with van der Waals surface area (Å²) < 4.78 is 0. The van der Waals surface area contributed by atoms with Crippen LogP contribution in [0.5, 0.6) is 0 Å². The van der Waals surface area contributed by atoms with Crippen molar-refractivity contribution in [1.82, 2.24) is 20.8 Å². The van der Waals surface area contributed by atoms with Gasteiger partial charge < -0.3 is 15.7 Å². The molecule has 0 aliphatic heterocycles. The molecule has 22 heavy (non-hydrogen) atoms. The van der Waals surface area contributed by atoms with E-state index in [0.29, 0.717) is 5.39 Å². The smallest absolute Gasteiger partial charge is 0.325 e. The van der Waals surface area contributed by atoms with E-state index in [0.717, 1.165) is 5.52 Å². The van der Waals surface area contributed by atoms with Crippen molar-refractivity contribution in [2.45, 2.75) is 19.4 Å². The molecule has 1 unspecified atom stereocenters. The highest BCUT2D eigenvalue weighted by molar-refractivity contribution is 6.04. The second kappa shape index (κ2) is 6.70. The van der Waals surface area contributed by atoms with E-state index in [1.54, 1.807) is 18.2 Å². The average molecular weight is 304 g/mol. The summed E-state index contributed by atoms with van der Waals surface area (Å²) in [5, 5.41) is 21.0. The number of amides is 2. The maximum atomic E-state index is 12.0. The summed E-state index contributed by atoms with van der Waals surface area (Å²) in [6.45, 7) is 1.47. The molecule has 1 heterocycles. The summed E-state index contributed by atoms with van der Waals surface area (Å²) in [7, 11) is 0. The topological polar surface area (TPSA) is 124 Å². The molecule has 0 bridgehead atoms. The van der Waals surface area contributed by atoms with Crippen molar-refractivity contribution in [3.8, 4) is 0 Å². The molecule has 0 fully saturated rings. The van der Waals surface area contributed by atoms with Gasteiger partial charge in [0.1, 0.15) is 6.04 Å². The predicted octanol–water partition coefficient (Wildman–Crippen LogP) is 0.272. The zero-order chi connectivity index (χ0) is 16.1. The Hall–Kier alpha value is -2.90. The standard InChI is InChI=1S/C14H16N4O4/c1-8(14(21)22)16-11(19)6-7-15-13(20)12-9-4-2-3-5-10(9)17-18-12/h2-5,8H,6-7H2,1H3,(H,15,20)(H,16,19)(H,17,18)(H,21,22). The van der Waals surface area contributed by atoms with Crippen LogP contribution >= 0.6 is 0 Å². The molecule has 0 spiro atoms. The van der Waals surface area contributed by atoms with Crippen LogP contribution in [0.25, 0.3) is 10.9 Å². The zero-order valence-corrected chi connectivity index (χ0v) is 11.9. The van der Waals surface area contributed by atoms with E-state index >= 15 is 0 Å². The maximum Gasteiger partial charge on any atom is 0.325 e. The fourth-order valence-corrected chi connectivity index (χ4v) is 1.89. The van der Waals surface area contributed by atoms with Crippen molar-refractivity contribution >= 4 is 28.7 Å². The molecular formula is C14H16N4O4. The van der Waals surface area contributed by atoms with Gasteiger partial charge in [0, 0.05) is 18.4 Å². The number of aromatic nitrogens is 2. The molecule has 2 aromatic rings. The number of benzene rings is 1. The Morgan fingerprint density at radius 1 is 1.32 bits per heavy atom. The molecule has 1 aromatic heterocycles. The number of aromatic amines is 1. The van der Waals surface area contributed by atoms with Gasteiger partial charge in [-0.1, -0.05) is 18.2 Å².